The maximum absolute atomic E-state index is 12.6. The molecule has 74 valence electrons. The van der Waals surface area contributed by atoms with Gasteiger partial charge in [0.2, 0.25) is 0 Å². The minimum absolute atomic E-state index is 0.317. The maximum Gasteiger partial charge on any atom is 0.147 e. The van der Waals surface area contributed by atoms with Crippen LogP contribution in [0.15, 0.2) is 29.8 Å². The lowest BCUT2D eigenvalue weighted by Gasteiger charge is -2.02. The first-order valence-corrected chi connectivity index (χ1v) is 4.66. The molecule has 14 heavy (non-hydrogen) atoms. The molecule has 0 saturated heterocycles. The smallest absolute Gasteiger partial charge is 0.147 e. The van der Waals surface area contributed by atoms with E-state index in [1.54, 1.807) is 12.1 Å². The van der Waals surface area contributed by atoms with E-state index in [1.807, 2.05) is 6.92 Å². The number of hydrogen-bond donors (Lipinski definition) is 0. The van der Waals surface area contributed by atoms with Gasteiger partial charge in [-0.25, -0.2) is 4.39 Å². The highest BCUT2D eigenvalue weighted by Gasteiger charge is 2.04. The highest BCUT2D eigenvalue weighted by atomic mass is 35.5. The SMILES string of the molecule is CCC(C=O)=C(Cl)c1ccc(F)cc1. The van der Waals surface area contributed by atoms with E-state index in [9.17, 15) is 9.18 Å². The fourth-order valence-electron chi connectivity index (χ4n) is 1.07. The Morgan fingerprint density at radius 1 is 1.43 bits per heavy atom. The number of rotatable bonds is 3. The zero-order valence-corrected chi connectivity index (χ0v) is 8.51. The molecule has 0 N–H and O–H groups in total. The summed E-state index contributed by atoms with van der Waals surface area (Å²) < 4.78 is 12.6. The summed E-state index contributed by atoms with van der Waals surface area (Å²) >= 11 is 5.95. The van der Waals surface area contributed by atoms with Crippen LogP contribution in [0.25, 0.3) is 5.03 Å². The molecule has 0 amide bonds. The standard InChI is InChI=1S/C11H10ClFO/c1-2-8(7-14)11(12)9-3-5-10(13)6-4-9/h3-7H,2H2,1H3. The molecule has 3 heteroatoms. The van der Waals surface area contributed by atoms with Gasteiger partial charge in [0.1, 0.15) is 12.1 Å². The summed E-state index contributed by atoms with van der Waals surface area (Å²) in [5.41, 5.74) is 1.19. The van der Waals surface area contributed by atoms with E-state index in [-0.39, 0.29) is 5.82 Å². The van der Waals surface area contributed by atoms with Crippen molar-refractivity contribution in [3.05, 3.63) is 41.2 Å². The van der Waals surface area contributed by atoms with Crippen molar-refractivity contribution in [2.75, 3.05) is 0 Å². The maximum atomic E-state index is 12.6. The van der Waals surface area contributed by atoms with Crippen LogP contribution < -0.4 is 0 Å². The number of aldehydes is 1. The first-order valence-electron chi connectivity index (χ1n) is 4.28. The second-order valence-electron chi connectivity index (χ2n) is 2.82. The van der Waals surface area contributed by atoms with Crippen LogP contribution in [-0.4, -0.2) is 6.29 Å². The quantitative estimate of drug-likeness (QED) is 0.555. The van der Waals surface area contributed by atoms with Crippen LogP contribution in [-0.2, 0) is 4.79 Å². The van der Waals surface area contributed by atoms with Gasteiger partial charge >= 0.3 is 0 Å². The molecule has 0 aliphatic heterocycles. The van der Waals surface area contributed by atoms with Gasteiger partial charge in [-0.2, -0.15) is 0 Å². The monoisotopic (exact) mass is 212 g/mol. The largest absolute Gasteiger partial charge is 0.298 e. The van der Waals surface area contributed by atoms with Crippen molar-refractivity contribution >= 4 is 22.9 Å². The second kappa shape index (κ2) is 4.91. The fraction of sp³-hybridized carbons (Fsp3) is 0.182. The van der Waals surface area contributed by atoms with E-state index in [2.05, 4.69) is 0 Å². The predicted octanol–water partition coefficient (Wildman–Crippen LogP) is 3.38. The average Bonchev–Trinajstić information content (AvgIpc) is 2.20. The molecule has 0 unspecified atom stereocenters. The number of allylic oxidation sites excluding steroid dienone is 1. The minimum atomic E-state index is -0.317. The summed E-state index contributed by atoms with van der Waals surface area (Å²) in [5.74, 6) is -0.317. The molecule has 0 fully saturated rings. The third kappa shape index (κ3) is 2.42. The Morgan fingerprint density at radius 2 is 2.00 bits per heavy atom. The van der Waals surface area contributed by atoms with Crippen LogP contribution in [0.3, 0.4) is 0 Å². The normalized spacial score (nSPS) is 12.2. The Kier molecular flexibility index (Phi) is 3.84. The molecule has 0 atom stereocenters. The topological polar surface area (TPSA) is 17.1 Å². The van der Waals surface area contributed by atoms with E-state index >= 15 is 0 Å². The van der Waals surface area contributed by atoms with E-state index in [1.165, 1.54) is 12.1 Å². The second-order valence-corrected chi connectivity index (χ2v) is 3.20. The Morgan fingerprint density at radius 3 is 2.43 bits per heavy atom. The summed E-state index contributed by atoms with van der Waals surface area (Å²) in [5, 5.41) is 0.391. The molecule has 1 aromatic carbocycles. The van der Waals surface area contributed by atoms with Gasteiger partial charge in [-0.15, -0.1) is 0 Å². The zero-order valence-electron chi connectivity index (χ0n) is 7.76. The third-order valence-corrected chi connectivity index (χ3v) is 2.36. The molecule has 0 aliphatic rings. The molecule has 0 aliphatic carbocycles. The zero-order chi connectivity index (χ0) is 10.6. The molecule has 0 aromatic heterocycles. The fourth-order valence-corrected chi connectivity index (χ4v) is 1.38. The van der Waals surface area contributed by atoms with Crippen LogP contribution in [0, 0.1) is 5.82 Å². The van der Waals surface area contributed by atoms with E-state index in [4.69, 9.17) is 11.6 Å². The first kappa shape index (κ1) is 10.9. The van der Waals surface area contributed by atoms with Crippen LogP contribution in [0.1, 0.15) is 18.9 Å². The van der Waals surface area contributed by atoms with Crippen LogP contribution >= 0.6 is 11.6 Å². The van der Waals surface area contributed by atoms with E-state index in [0.29, 0.717) is 22.6 Å². The van der Waals surface area contributed by atoms with Crippen molar-refractivity contribution in [2.45, 2.75) is 13.3 Å². The van der Waals surface area contributed by atoms with Crippen molar-refractivity contribution in [1.82, 2.24) is 0 Å². The van der Waals surface area contributed by atoms with Crippen molar-refractivity contribution in [3.63, 3.8) is 0 Å². The Labute approximate surface area is 87.2 Å². The van der Waals surface area contributed by atoms with Gasteiger partial charge in [0.25, 0.3) is 0 Å². The van der Waals surface area contributed by atoms with Crippen LogP contribution in [0.5, 0.6) is 0 Å². The van der Waals surface area contributed by atoms with Crippen molar-refractivity contribution in [1.29, 1.82) is 0 Å². The molecular formula is C11H10ClFO. The van der Waals surface area contributed by atoms with Gasteiger partial charge in [-0.05, 0) is 24.1 Å². The van der Waals surface area contributed by atoms with Gasteiger partial charge < -0.3 is 0 Å². The minimum Gasteiger partial charge on any atom is -0.298 e. The summed E-state index contributed by atoms with van der Waals surface area (Å²) in [4.78, 5) is 10.6. The Bertz CT molecular complexity index is 354. The van der Waals surface area contributed by atoms with Gasteiger partial charge in [-0.1, -0.05) is 30.7 Å². The summed E-state index contributed by atoms with van der Waals surface area (Å²) in [7, 11) is 0. The van der Waals surface area contributed by atoms with Crippen molar-refractivity contribution in [3.8, 4) is 0 Å². The number of carbonyl (C=O) groups excluding carboxylic acids is 1. The molecule has 0 spiro atoms. The molecule has 0 radical (unpaired) electrons. The van der Waals surface area contributed by atoms with Crippen LogP contribution in [0.4, 0.5) is 4.39 Å². The average molecular weight is 213 g/mol. The first-order chi connectivity index (χ1) is 6.69. The van der Waals surface area contributed by atoms with E-state index < -0.39 is 0 Å². The Balaban J connectivity index is 3.10. The van der Waals surface area contributed by atoms with Gasteiger partial charge in [0.05, 0.1) is 5.03 Å². The van der Waals surface area contributed by atoms with Crippen LogP contribution in [0.2, 0.25) is 0 Å². The molecule has 0 saturated carbocycles. The molecule has 0 bridgehead atoms. The Hall–Kier alpha value is -1.15. The summed E-state index contributed by atoms with van der Waals surface area (Å²) in [6.07, 6.45) is 1.30. The lowest BCUT2D eigenvalue weighted by Crippen LogP contribution is -1.87. The summed E-state index contributed by atoms with van der Waals surface area (Å²) in [6, 6.07) is 5.74. The van der Waals surface area contributed by atoms with E-state index in [0.717, 1.165) is 6.29 Å². The lowest BCUT2D eigenvalue weighted by molar-refractivity contribution is -0.104. The number of benzene rings is 1. The third-order valence-electron chi connectivity index (χ3n) is 1.90. The predicted molar refractivity (Wildman–Crippen MR) is 55.5 cm³/mol. The summed E-state index contributed by atoms with van der Waals surface area (Å²) in [6.45, 7) is 1.84. The van der Waals surface area contributed by atoms with Gasteiger partial charge in [0, 0.05) is 5.57 Å². The number of hydrogen-bond acceptors (Lipinski definition) is 1. The highest BCUT2D eigenvalue weighted by molar-refractivity contribution is 6.50. The molecule has 0 heterocycles. The van der Waals surface area contributed by atoms with Crippen molar-refractivity contribution in [2.24, 2.45) is 0 Å². The molecule has 1 aromatic rings. The van der Waals surface area contributed by atoms with Gasteiger partial charge in [-0.3, -0.25) is 4.79 Å². The van der Waals surface area contributed by atoms with Gasteiger partial charge in [0.15, 0.2) is 0 Å². The lowest BCUT2D eigenvalue weighted by atomic mass is 10.1. The number of carbonyl (C=O) groups is 1. The molecule has 1 nitrogen and oxygen atoms in total. The molecule has 1 rings (SSSR count). The molecular weight excluding hydrogens is 203 g/mol. The van der Waals surface area contributed by atoms with Crippen molar-refractivity contribution < 1.29 is 9.18 Å². The highest BCUT2D eigenvalue weighted by Crippen LogP contribution is 2.23. The number of halogens is 2.